The van der Waals surface area contributed by atoms with Gasteiger partial charge < -0.3 is 20.1 Å². The summed E-state index contributed by atoms with van der Waals surface area (Å²) in [6.45, 7) is 7.29. The summed E-state index contributed by atoms with van der Waals surface area (Å²) < 4.78 is 12.7. The van der Waals surface area contributed by atoms with E-state index in [4.69, 9.17) is 14.5 Å². The van der Waals surface area contributed by atoms with E-state index in [1.54, 1.807) is 42.8 Å². The van der Waals surface area contributed by atoms with E-state index in [2.05, 4.69) is 47.7 Å². The number of aryl methyl sites for hydroxylation is 2. The van der Waals surface area contributed by atoms with Crippen molar-refractivity contribution in [3.05, 3.63) is 147 Å². The van der Waals surface area contributed by atoms with Crippen molar-refractivity contribution in [3.8, 4) is 22.6 Å². The average Bonchev–Trinajstić information content (AvgIpc) is 3.60. The number of amides is 2. The van der Waals surface area contributed by atoms with Crippen molar-refractivity contribution in [1.29, 1.82) is 0 Å². The molecule has 6 aromatic rings. The number of benzene rings is 3. The molecule has 0 bridgehead atoms. The number of rotatable bonds is 12. The van der Waals surface area contributed by atoms with Crippen LogP contribution in [0.4, 0.5) is 0 Å². The molecule has 50 heavy (non-hydrogen) atoms. The quantitative estimate of drug-likeness (QED) is 0.126. The van der Waals surface area contributed by atoms with Gasteiger partial charge in [-0.15, -0.1) is 11.3 Å². The van der Waals surface area contributed by atoms with Crippen LogP contribution in [0.25, 0.3) is 28.1 Å². The molecule has 2 N–H and O–H groups in total. The minimum Gasteiger partial charge on any atom is -0.487 e. The minimum atomic E-state index is -0.196. The zero-order valence-electron chi connectivity index (χ0n) is 28.4. The molecule has 0 atom stereocenters. The number of nitrogens with one attached hydrogen (secondary N) is 2. The van der Waals surface area contributed by atoms with Crippen molar-refractivity contribution in [1.82, 2.24) is 20.6 Å². The number of aromatic nitrogens is 2. The van der Waals surface area contributed by atoms with Gasteiger partial charge in [-0.05, 0) is 108 Å². The number of hydrogen-bond donors (Lipinski definition) is 2. The maximum Gasteiger partial charge on any atom is 0.251 e. The number of pyridine rings is 2. The number of ether oxygens (including phenoxy) is 2. The predicted molar refractivity (Wildman–Crippen MR) is 199 cm³/mol. The van der Waals surface area contributed by atoms with E-state index in [0.717, 1.165) is 66.3 Å². The molecule has 252 valence electrons. The lowest BCUT2D eigenvalue weighted by Gasteiger charge is -2.17. The number of thiophene rings is 1. The molecule has 0 saturated carbocycles. The van der Waals surface area contributed by atoms with Gasteiger partial charge in [-0.2, -0.15) is 0 Å². The zero-order valence-corrected chi connectivity index (χ0v) is 29.3. The van der Waals surface area contributed by atoms with Crippen molar-refractivity contribution in [3.63, 3.8) is 0 Å². The SMILES string of the molecule is CNC(=O)c1ccc(C=CC(=O)NCc2sccc2-c2ccc(C)c(COc3cccc4c(OCc5ccccn5)cc(C)nc34)c2C)cc1. The van der Waals surface area contributed by atoms with E-state index in [-0.39, 0.29) is 11.8 Å². The summed E-state index contributed by atoms with van der Waals surface area (Å²) in [5.74, 6) is 1.08. The van der Waals surface area contributed by atoms with E-state index in [1.807, 2.05) is 66.9 Å². The summed E-state index contributed by atoms with van der Waals surface area (Å²) in [5, 5.41) is 8.55. The first-order valence-corrected chi connectivity index (χ1v) is 17.2. The second-order valence-electron chi connectivity index (χ2n) is 11.9. The van der Waals surface area contributed by atoms with Crippen molar-refractivity contribution in [2.24, 2.45) is 0 Å². The summed E-state index contributed by atoms with van der Waals surface area (Å²) in [6.07, 6.45) is 5.00. The highest BCUT2D eigenvalue weighted by Crippen LogP contribution is 2.36. The number of nitrogens with zero attached hydrogens (tertiary/aromatic N) is 2. The molecule has 0 unspecified atom stereocenters. The maximum absolute atomic E-state index is 12.7. The van der Waals surface area contributed by atoms with E-state index < -0.39 is 0 Å². The van der Waals surface area contributed by atoms with Crippen LogP contribution >= 0.6 is 11.3 Å². The van der Waals surface area contributed by atoms with Crippen LogP contribution in [0.1, 0.15) is 48.9 Å². The third-order valence-electron chi connectivity index (χ3n) is 8.48. The molecule has 3 aromatic heterocycles. The molecule has 0 radical (unpaired) electrons. The van der Waals surface area contributed by atoms with Gasteiger partial charge in [0.25, 0.3) is 5.91 Å². The topological polar surface area (TPSA) is 102 Å². The molecular weight excluding hydrogens is 645 g/mol. The molecule has 0 spiro atoms. The van der Waals surface area contributed by atoms with E-state index in [1.165, 1.54) is 6.08 Å². The first-order chi connectivity index (χ1) is 24.3. The number of hydrogen-bond acceptors (Lipinski definition) is 7. The van der Waals surface area contributed by atoms with Crippen LogP contribution in [0.15, 0.2) is 103 Å². The lowest BCUT2D eigenvalue weighted by molar-refractivity contribution is -0.116. The van der Waals surface area contributed by atoms with Crippen LogP contribution in [-0.2, 0) is 24.6 Å². The Morgan fingerprint density at radius 3 is 2.46 bits per heavy atom. The third kappa shape index (κ3) is 7.90. The van der Waals surface area contributed by atoms with Crippen LogP contribution in [0.3, 0.4) is 0 Å². The predicted octanol–water partition coefficient (Wildman–Crippen LogP) is 8.13. The van der Waals surface area contributed by atoms with Gasteiger partial charge in [-0.25, -0.2) is 4.98 Å². The number of carbonyl (C=O) groups is 2. The molecule has 2 amide bonds. The van der Waals surface area contributed by atoms with Gasteiger partial charge >= 0.3 is 0 Å². The Morgan fingerprint density at radius 1 is 0.860 bits per heavy atom. The number of fused-ring (bicyclic) bond motifs is 1. The summed E-state index contributed by atoms with van der Waals surface area (Å²) in [4.78, 5) is 34.7. The van der Waals surface area contributed by atoms with Gasteiger partial charge in [0.1, 0.15) is 30.2 Å². The largest absolute Gasteiger partial charge is 0.487 e. The van der Waals surface area contributed by atoms with Gasteiger partial charge in [0.15, 0.2) is 0 Å². The Labute approximate surface area is 295 Å². The fourth-order valence-electron chi connectivity index (χ4n) is 5.75. The average molecular weight is 683 g/mol. The molecule has 6 rings (SSSR count). The number of para-hydroxylation sites is 1. The number of carbonyl (C=O) groups excluding carboxylic acids is 2. The monoisotopic (exact) mass is 682 g/mol. The summed E-state index contributed by atoms with van der Waals surface area (Å²) in [5.41, 5.74) is 9.38. The third-order valence-corrected chi connectivity index (χ3v) is 9.41. The molecule has 3 heterocycles. The van der Waals surface area contributed by atoms with Gasteiger partial charge in [-0.3, -0.25) is 14.6 Å². The summed E-state index contributed by atoms with van der Waals surface area (Å²) in [6, 6.07) is 27.1. The zero-order chi connectivity index (χ0) is 35.0. The van der Waals surface area contributed by atoms with Crippen molar-refractivity contribution in [2.75, 3.05) is 7.05 Å². The highest BCUT2D eigenvalue weighted by atomic mass is 32.1. The van der Waals surface area contributed by atoms with Crippen molar-refractivity contribution >= 4 is 40.1 Å². The van der Waals surface area contributed by atoms with E-state index >= 15 is 0 Å². The molecule has 0 aliphatic carbocycles. The Kier molecular flexibility index (Phi) is 10.6. The Hall–Kier alpha value is -5.80. The molecule has 0 fully saturated rings. The molecule has 3 aromatic carbocycles. The molecule has 9 heteroatoms. The Balaban J connectivity index is 1.15. The molecule has 0 saturated heterocycles. The van der Waals surface area contributed by atoms with E-state index in [9.17, 15) is 9.59 Å². The first kappa shape index (κ1) is 34.1. The van der Waals surface area contributed by atoms with Crippen LogP contribution in [-0.4, -0.2) is 28.8 Å². The second-order valence-corrected chi connectivity index (χ2v) is 12.9. The van der Waals surface area contributed by atoms with Gasteiger partial charge in [-0.1, -0.05) is 36.4 Å². The van der Waals surface area contributed by atoms with Crippen LogP contribution in [0, 0.1) is 20.8 Å². The normalized spacial score (nSPS) is 11.1. The standard InChI is InChI=1S/C41H38N4O4S/c1-26-11-17-32(33-19-21-50-38(33)23-44-39(46)18-14-29-12-15-30(16-13-29)41(47)42-4)28(3)35(26)25-49-36-10-7-9-34-37(22-27(2)45-40(34)36)48-24-31-8-5-6-20-43-31/h5-22H,23-25H2,1-4H3,(H,42,47)(H,44,46). The smallest absolute Gasteiger partial charge is 0.251 e. The second kappa shape index (κ2) is 15.6. The summed E-state index contributed by atoms with van der Waals surface area (Å²) in [7, 11) is 1.59. The van der Waals surface area contributed by atoms with Crippen molar-refractivity contribution in [2.45, 2.75) is 40.5 Å². The summed E-state index contributed by atoms with van der Waals surface area (Å²) >= 11 is 1.61. The molecule has 0 aliphatic rings. The van der Waals surface area contributed by atoms with Crippen molar-refractivity contribution < 1.29 is 19.1 Å². The maximum atomic E-state index is 12.7. The fraction of sp³-hybridized carbons (Fsp3) is 0.171. The highest BCUT2D eigenvalue weighted by Gasteiger charge is 2.16. The fourth-order valence-corrected chi connectivity index (χ4v) is 6.57. The minimum absolute atomic E-state index is 0.150. The van der Waals surface area contributed by atoms with Gasteiger partial charge in [0.2, 0.25) is 5.91 Å². The molecular formula is C41H38N4O4S. The molecule has 8 nitrogen and oxygen atoms in total. The Bertz CT molecular complexity index is 2180. The van der Waals surface area contributed by atoms with Crippen LogP contribution in [0.5, 0.6) is 11.5 Å². The Morgan fingerprint density at radius 2 is 1.68 bits per heavy atom. The first-order valence-electron chi connectivity index (χ1n) is 16.3. The molecule has 0 aliphatic heterocycles. The van der Waals surface area contributed by atoms with E-state index in [0.29, 0.717) is 31.1 Å². The lowest BCUT2D eigenvalue weighted by Crippen LogP contribution is -2.20. The highest BCUT2D eigenvalue weighted by molar-refractivity contribution is 7.10. The van der Waals surface area contributed by atoms with Gasteiger partial charge in [0.05, 0.1) is 12.2 Å². The van der Waals surface area contributed by atoms with Gasteiger partial charge in [0, 0.05) is 46.9 Å². The van der Waals surface area contributed by atoms with Crippen LogP contribution in [0.2, 0.25) is 0 Å². The van der Waals surface area contributed by atoms with Crippen LogP contribution < -0.4 is 20.1 Å². The lowest BCUT2D eigenvalue weighted by atomic mass is 9.94.